The summed E-state index contributed by atoms with van der Waals surface area (Å²) in [5.74, 6) is 0.659. The van der Waals surface area contributed by atoms with Crippen LogP contribution in [0.4, 0.5) is 0 Å². The van der Waals surface area contributed by atoms with Gasteiger partial charge in [-0.2, -0.15) is 0 Å². The minimum atomic E-state index is 0.659. The lowest BCUT2D eigenvalue weighted by Gasteiger charge is -2.02. The van der Waals surface area contributed by atoms with Crippen molar-refractivity contribution >= 4 is 10.8 Å². The van der Waals surface area contributed by atoms with Crippen molar-refractivity contribution in [2.45, 2.75) is 136 Å². The van der Waals surface area contributed by atoms with Gasteiger partial charge in [0.1, 0.15) is 0 Å². The molecular weight excluding hydrogens is 793 g/mol. The Hall–Kier alpha value is -5.98. The zero-order valence-corrected chi connectivity index (χ0v) is 44.6. The third-order valence-corrected chi connectivity index (χ3v) is 9.45. The van der Waals surface area contributed by atoms with E-state index < -0.39 is 0 Å². The zero-order chi connectivity index (χ0) is 50.0. The molecule has 0 fully saturated rings. The Bertz CT molecular complexity index is 2160. The molecule has 0 aliphatic heterocycles. The van der Waals surface area contributed by atoms with E-state index in [4.69, 9.17) is 0 Å². The summed E-state index contributed by atoms with van der Waals surface area (Å²) < 4.78 is 0. The molecule has 0 atom stereocenters. The standard InChI is InChI=1S/C14H14.C13H12.C11H10.2C9H12.5C2H6/c1-11-3-7-13(8-4-11)14-9-5-12(2)6-10-14;1-11-7-9-13(10-8-11)12-5-3-2-4-6-12;1-9-5-4-7-10-6-2-3-8-11(9)10;1-8(2)9-6-4-3-5-7-9;1-2-6-9-7-4-3-5-8-9;5*1-2/h3-10H,1-2H3;2-10H,1H3;2-8H,1H3;3-8H,1-2H3;3-5,7-8H,2,6H2,1H3;5*1-2H3. The van der Waals surface area contributed by atoms with Gasteiger partial charge in [-0.05, 0) is 89.8 Å². The smallest absolute Gasteiger partial charge is 0.0155 e. The lowest BCUT2D eigenvalue weighted by molar-refractivity contribution is 0.867. The molecule has 0 heteroatoms. The number of aryl methyl sites for hydroxylation is 5. The van der Waals surface area contributed by atoms with Gasteiger partial charge in [0.2, 0.25) is 0 Å². The Morgan fingerprint density at radius 2 is 0.636 bits per heavy atom. The highest BCUT2D eigenvalue weighted by Gasteiger charge is 1.97. The van der Waals surface area contributed by atoms with Crippen LogP contribution in [0.5, 0.6) is 0 Å². The van der Waals surface area contributed by atoms with E-state index in [1.165, 1.54) is 79.2 Å². The summed E-state index contributed by atoms with van der Waals surface area (Å²) in [6.45, 7) is 35.1. The first-order chi connectivity index (χ1) is 32.2. The SMILES string of the molecule is CC.CC.CC.CC.CC.CC(C)c1ccccc1.CCCc1ccccc1.Cc1ccc(-c2ccc(C)cc2)cc1.Cc1ccc(-c2ccccc2)cc1.Cc1cccc2ccccc12. The fourth-order valence-corrected chi connectivity index (χ4v) is 6.03. The summed E-state index contributed by atoms with van der Waals surface area (Å²) in [6.07, 6.45) is 2.45. The Labute approximate surface area is 407 Å². The number of benzene rings is 8. The molecule has 66 heavy (non-hydrogen) atoms. The van der Waals surface area contributed by atoms with Crippen molar-refractivity contribution in [3.63, 3.8) is 0 Å². The summed E-state index contributed by atoms with van der Waals surface area (Å²) in [5.41, 5.74) is 13.3. The highest BCUT2D eigenvalue weighted by Crippen LogP contribution is 2.21. The van der Waals surface area contributed by atoms with Crippen molar-refractivity contribution in [3.05, 3.63) is 240 Å². The zero-order valence-electron chi connectivity index (χ0n) is 44.6. The van der Waals surface area contributed by atoms with Crippen molar-refractivity contribution in [2.75, 3.05) is 0 Å². The van der Waals surface area contributed by atoms with E-state index in [2.05, 4.69) is 243 Å². The van der Waals surface area contributed by atoms with Crippen LogP contribution in [0.2, 0.25) is 0 Å². The third kappa shape index (κ3) is 26.7. The lowest BCUT2D eigenvalue weighted by atomic mass is 10.0. The Morgan fingerprint density at radius 3 is 0.985 bits per heavy atom. The van der Waals surface area contributed by atoms with E-state index in [1.54, 1.807) is 0 Å². The molecule has 354 valence electrons. The van der Waals surface area contributed by atoms with Gasteiger partial charge in [0.15, 0.2) is 0 Å². The van der Waals surface area contributed by atoms with Crippen LogP contribution in [0.25, 0.3) is 33.0 Å². The molecule has 0 heterocycles. The van der Waals surface area contributed by atoms with Crippen LogP contribution >= 0.6 is 0 Å². The maximum atomic E-state index is 2.20. The summed E-state index contributed by atoms with van der Waals surface area (Å²) in [6, 6.07) is 72.2. The van der Waals surface area contributed by atoms with Crippen LogP contribution in [0.3, 0.4) is 0 Å². The van der Waals surface area contributed by atoms with Gasteiger partial charge in [0, 0.05) is 0 Å². The molecule has 0 aliphatic rings. The average Bonchev–Trinajstić information content (AvgIpc) is 3.40. The maximum Gasteiger partial charge on any atom is -0.0155 e. The van der Waals surface area contributed by atoms with E-state index in [0.717, 1.165) is 0 Å². The topological polar surface area (TPSA) is 0 Å². The molecule has 8 aromatic rings. The van der Waals surface area contributed by atoms with E-state index in [-0.39, 0.29) is 0 Å². The molecule has 8 rings (SSSR count). The lowest BCUT2D eigenvalue weighted by Crippen LogP contribution is -1.83. The van der Waals surface area contributed by atoms with Crippen LogP contribution in [0, 0.1) is 27.7 Å². The molecule has 0 spiro atoms. The van der Waals surface area contributed by atoms with Crippen LogP contribution in [-0.4, -0.2) is 0 Å². The molecular formula is C66H90. The first kappa shape index (κ1) is 62.1. The molecule has 0 saturated carbocycles. The number of rotatable bonds is 5. The highest BCUT2D eigenvalue weighted by molar-refractivity contribution is 5.85. The molecule has 0 saturated heterocycles. The van der Waals surface area contributed by atoms with Crippen molar-refractivity contribution in [1.29, 1.82) is 0 Å². The predicted molar refractivity (Wildman–Crippen MR) is 304 cm³/mol. The Kier molecular flexibility index (Phi) is 39.2. The van der Waals surface area contributed by atoms with Crippen molar-refractivity contribution in [2.24, 2.45) is 0 Å². The van der Waals surface area contributed by atoms with Gasteiger partial charge in [0.25, 0.3) is 0 Å². The summed E-state index contributed by atoms with van der Waals surface area (Å²) in [5, 5.41) is 2.68. The normalized spacial score (nSPS) is 8.94. The summed E-state index contributed by atoms with van der Waals surface area (Å²) in [4.78, 5) is 0. The van der Waals surface area contributed by atoms with E-state index in [1.807, 2.05) is 81.4 Å². The second-order valence-electron chi connectivity index (χ2n) is 14.6. The minimum absolute atomic E-state index is 0.659. The van der Waals surface area contributed by atoms with Gasteiger partial charge in [-0.25, -0.2) is 0 Å². The number of fused-ring (bicyclic) bond motifs is 1. The molecule has 0 N–H and O–H groups in total. The second kappa shape index (κ2) is 41.7. The van der Waals surface area contributed by atoms with E-state index >= 15 is 0 Å². The van der Waals surface area contributed by atoms with E-state index in [0.29, 0.717) is 5.92 Å². The molecule has 8 aromatic carbocycles. The molecule has 0 radical (unpaired) electrons. The molecule has 0 bridgehead atoms. The van der Waals surface area contributed by atoms with Gasteiger partial charge in [-0.1, -0.05) is 319 Å². The summed E-state index contributed by atoms with van der Waals surface area (Å²) in [7, 11) is 0. The maximum absolute atomic E-state index is 2.20. The molecule has 0 aromatic heterocycles. The van der Waals surface area contributed by atoms with Crippen molar-refractivity contribution in [3.8, 4) is 22.3 Å². The minimum Gasteiger partial charge on any atom is -0.0683 e. The molecule has 0 nitrogen and oxygen atoms in total. The fraction of sp³-hybridized carbons (Fsp3) is 0.303. The second-order valence-corrected chi connectivity index (χ2v) is 14.6. The van der Waals surface area contributed by atoms with Gasteiger partial charge in [-0.3, -0.25) is 0 Å². The Balaban J connectivity index is 0. The molecule has 0 unspecified atom stereocenters. The first-order valence-electron chi connectivity index (χ1n) is 25.0. The van der Waals surface area contributed by atoms with Gasteiger partial charge in [-0.15, -0.1) is 0 Å². The quantitative estimate of drug-likeness (QED) is 0.162. The van der Waals surface area contributed by atoms with Gasteiger partial charge >= 0.3 is 0 Å². The molecule has 0 aliphatic carbocycles. The number of hydrogen-bond donors (Lipinski definition) is 0. The highest BCUT2D eigenvalue weighted by atomic mass is 14.0. The Morgan fingerprint density at radius 1 is 0.318 bits per heavy atom. The fourth-order valence-electron chi connectivity index (χ4n) is 6.03. The monoisotopic (exact) mass is 883 g/mol. The van der Waals surface area contributed by atoms with Gasteiger partial charge in [0.05, 0.1) is 0 Å². The number of hydrogen-bond acceptors (Lipinski definition) is 0. The van der Waals surface area contributed by atoms with Crippen molar-refractivity contribution in [1.82, 2.24) is 0 Å². The third-order valence-electron chi connectivity index (χ3n) is 9.45. The van der Waals surface area contributed by atoms with Crippen LogP contribution in [-0.2, 0) is 6.42 Å². The predicted octanol–water partition coefficient (Wildman–Crippen LogP) is 21.4. The van der Waals surface area contributed by atoms with Crippen LogP contribution in [0.15, 0.2) is 206 Å². The van der Waals surface area contributed by atoms with E-state index in [9.17, 15) is 0 Å². The summed E-state index contributed by atoms with van der Waals surface area (Å²) >= 11 is 0. The van der Waals surface area contributed by atoms with Crippen LogP contribution < -0.4 is 0 Å². The first-order valence-corrected chi connectivity index (χ1v) is 25.0. The molecule has 0 amide bonds. The van der Waals surface area contributed by atoms with Crippen LogP contribution in [0.1, 0.15) is 136 Å². The van der Waals surface area contributed by atoms with Crippen molar-refractivity contribution < 1.29 is 0 Å². The van der Waals surface area contributed by atoms with Gasteiger partial charge < -0.3 is 0 Å². The average molecular weight is 883 g/mol. The largest absolute Gasteiger partial charge is 0.0683 e.